The predicted molar refractivity (Wildman–Crippen MR) is 66.3 cm³/mol. The Labute approximate surface area is 104 Å². The molecule has 0 radical (unpaired) electrons. The van der Waals surface area contributed by atoms with Gasteiger partial charge in [0.1, 0.15) is 5.69 Å². The Kier molecular flexibility index (Phi) is 3.86. The van der Waals surface area contributed by atoms with Crippen LogP contribution in [0.25, 0.3) is 0 Å². The number of hydrogen-bond donors (Lipinski definition) is 2. The molecule has 1 aromatic rings. The first-order chi connectivity index (χ1) is 8.15. The van der Waals surface area contributed by atoms with Crippen molar-refractivity contribution >= 4 is 28.2 Å². The Balaban J connectivity index is 1.74. The minimum absolute atomic E-state index is 0.0893. The summed E-state index contributed by atoms with van der Waals surface area (Å²) in [7, 11) is 0. The Bertz CT molecular complexity index is 426. The third kappa shape index (κ3) is 3.90. The summed E-state index contributed by atoms with van der Waals surface area (Å²) >= 11 is 1.27. The molecule has 5 nitrogen and oxygen atoms in total. The second-order valence-corrected chi connectivity index (χ2v) is 5.07. The molecule has 0 bridgehead atoms. The van der Waals surface area contributed by atoms with E-state index in [2.05, 4.69) is 15.6 Å². The molecule has 1 amide bonds. The third-order valence-corrected chi connectivity index (χ3v) is 3.28. The normalized spacial score (nSPS) is 14.6. The average molecular weight is 253 g/mol. The number of aromatic nitrogens is 1. The maximum atomic E-state index is 11.5. The van der Waals surface area contributed by atoms with Crippen LogP contribution in [0, 0.1) is 5.92 Å². The highest BCUT2D eigenvalue weighted by molar-refractivity contribution is 7.14. The Hall–Kier alpha value is -1.27. The van der Waals surface area contributed by atoms with E-state index in [1.54, 1.807) is 5.38 Å². The lowest BCUT2D eigenvalue weighted by molar-refractivity contribution is -0.115. The van der Waals surface area contributed by atoms with Crippen molar-refractivity contribution in [2.75, 3.05) is 18.4 Å². The second-order valence-electron chi connectivity index (χ2n) is 4.22. The average Bonchev–Trinajstić information content (AvgIpc) is 2.96. The van der Waals surface area contributed by atoms with Crippen molar-refractivity contribution in [3.8, 4) is 0 Å². The summed E-state index contributed by atoms with van der Waals surface area (Å²) in [5.41, 5.74) is 0.399. The maximum Gasteiger partial charge on any atom is 0.240 e. The van der Waals surface area contributed by atoms with Crippen LogP contribution >= 0.6 is 11.3 Å². The molecule has 0 atom stereocenters. The van der Waals surface area contributed by atoms with Crippen LogP contribution in [0.4, 0.5) is 5.13 Å². The molecule has 0 aromatic carbocycles. The summed E-state index contributed by atoms with van der Waals surface area (Å²) in [5.74, 6) is 0.552. The fourth-order valence-electron chi connectivity index (χ4n) is 1.37. The minimum atomic E-state index is -0.116. The van der Waals surface area contributed by atoms with Crippen LogP contribution in [-0.4, -0.2) is 29.8 Å². The van der Waals surface area contributed by atoms with Crippen molar-refractivity contribution in [3.05, 3.63) is 11.1 Å². The fraction of sp³-hybridized carbons (Fsp3) is 0.545. The van der Waals surface area contributed by atoms with E-state index >= 15 is 0 Å². The molecule has 1 aliphatic carbocycles. The molecule has 0 aliphatic heterocycles. The molecule has 1 aromatic heterocycles. The minimum Gasteiger partial charge on any atom is -0.308 e. The van der Waals surface area contributed by atoms with Crippen molar-refractivity contribution < 1.29 is 9.59 Å². The highest BCUT2D eigenvalue weighted by Crippen LogP contribution is 2.27. The monoisotopic (exact) mass is 253 g/mol. The van der Waals surface area contributed by atoms with E-state index in [1.165, 1.54) is 31.1 Å². The van der Waals surface area contributed by atoms with Crippen LogP contribution in [-0.2, 0) is 4.79 Å². The first-order valence-corrected chi connectivity index (χ1v) is 6.50. The molecular weight excluding hydrogens is 238 g/mol. The van der Waals surface area contributed by atoms with E-state index in [-0.39, 0.29) is 11.7 Å². The maximum absolute atomic E-state index is 11.5. The molecule has 2 rings (SSSR count). The number of nitrogens with one attached hydrogen (secondary N) is 2. The number of carbonyl (C=O) groups excluding carboxylic acids is 2. The summed E-state index contributed by atoms with van der Waals surface area (Å²) in [6, 6.07) is 0. The zero-order chi connectivity index (χ0) is 12.3. The SMILES string of the molecule is CC(=O)c1csc(NC(=O)CNCC2CC2)n1. The first-order valence-electron chi connectivity index (χ1n) is 5.62. The van der Waals surface area contributed by atoms with E-state index in [0.29, 0.717) is 17.4 Å². The largest absolute Gasteiger partial charge is 0.308 e. The lowest BCUT2D eigenvalue weighted by Gasteiger charge is -2.02. The van der Waals surface area contributed by atoms with Gasteiger partial charge in [-0.25, -0.2) is 4.98 Å². The smallest absolute Gasteiger partial charge is 0.240 e. The van der Waals surface area contributed by atoms with Gasteiger partial charge in [0.25, 0.3) is 0 Å². The van der Waals surface area contributed by atoms with Crippen LogP contribution in [0.5, 0.6) is 0 Å². The Morgan fingerprint density at radius 3 is 2.88 bits per heavy atom. The number of Topliss-reactive ketones (excluding diaryl/α,β-unsaturated/α-hetero) is 1. The summed E-state index contributed by atoms with van der Waals surface area (Å²) in [6.07, 6.45) is 2.53. The number of amides is 1. The molecule has 6 heteroatoms. The number of nitrogens with zero attached hydrogens (tertiary/aromatic N) is 1. The van der Waals surface area contributed by atoms with Gasteiger partial charge >= 0.3 is 0 Å². The van der Waals surface area contributed by atoms with E-state index in [4.69, 9.17) is 0 Å². The Morgan fingerprint density at radius 2 is 2.29 bits per heavy atom. The summed E-state index contributed by atoms with van der Waals surface area (Å²) < 4.78 is 0. The van der Waals surface area contributed by atoms with E-state index in [0.717, 1.165) is 12.5 Å². The van der Waals surface area contributed by atoms with Gasteiger partial charge in [0.05, 0.1) is 6.54 Å². The van der Waals surface area contributed by atoms with Crippen LogP contribution < -0.4 is 10.6 Å². The summed E-state index contributed by atoms with van der Waals surface area (Å²) in [5, 5.41) is 7.89. The quantitative estimate of drug-likeness (QED) is 0.749. The second kappa shape index (κ2) is 5.37. The topological polar surface area (TPSA) is 71.1 Å². The molecular formula is C11H15N3O2S. The molecule has 17 heavy (non-hydrogen) atoms. The standard InChI is InChI=1S/C11H15N3O2S/c1-7(15)9-6-17-11(13-9)14-10(16)5-12-4-8-2-3-8/h6,8,12H,2-5H2,1H3,(H,13,14,16). The lowest BCUT2D eigenvalue weighted by Crippen LogP contribution is -2.29. The number of ketones is 1. The van der Waals surface area contributed by atoms with E-state index < -0.39 is 0 Å². The third-order valence-electron chi connectivity index (χ3n) is 2.53. The molecule has 2 N–H and O–H groups in total. The molecule has 0 spiro atoms. The molecule has 0 unspecified atom stereocenters. The van der Waals surface area contributed by atoms with Gasteiger partial charge in [-0.15, -0.1) is 11.3 Å². The molecule has 92 valence electrons. The highest BCUT2D eigenvalue weighted by Gasteiger charge is 2.20. The Morgan fingerprint density at radius 1 is 1.53 bits per heavy atom. The number of thiazole rings is 1. The number of anilines is 1. The van der Waals surface area contributed by atoms with Crippen LogP contribution in [0.2, 0.25) is 0 Å². The molecule has 0 saturated heterocycles. The van der Waals surface area contributed by atoms with Gasteiger partial charge in [0, 0.05) is 12.3 Å². The van der Waals surface area contributed by atoms with Gasteiger partial charge in [-0.2, -0.15) is 0 Å². The van der Waals surface area contributed by atoms with Gasteiger partial charge in [-0.1, -0.05) is 0 Å². The number of hydrogen-bond acceptors (Lipinski definition) is 5. The van der Waals surface area contributed by atoms with Crippen LogP contribution in [0.3, 0.4) is 0 Å². The van der Waals surface area contributed by atoms with Gasteiger partial charge in [-0.05, 0) is 25.3 Å². The van der Waals surface area contributed by atoms with Gasteiger partial charge in [-0.3, -0.25) is 9.59 Å². The van der Waals surface area contributed by atoms with Crippen molar-refractivity contribution in [2.24, 2.45) is 5.92 Å². The van der Waals surface area contributed by atoms with Crippen LogP contribution in [0.1, 0.15) is 30.3 Å². The molecule has 1 saturated carbocycles. The van der Waals surface area contributed by atoms with E-state index in [9.17, 15) is 9.59 Å². The van der Waals surface area contributed by atoms with Crippen molar-refractivity contribution in [3.63, 3.8) is 0 Å². The van der Waals surface area contributed by atoms with Crippen LogP contribution in [0.15, 0.2) is 5.38 Å². The summed E-state index contributed by atoms with van der Waals surface area (Å²) in [4.78, 5) is 26.5. The van der Waals surface area contributed by atoms with Gasteiger partial charge in [0.2, 0.25) is 5.91 Å². The van der Waals surface area contributed by atoms with Gasteiger partial charge < -0.3 is 10.6 Å². The predicted octanol–water partition coefficient (Wildman–Crippen LogP) is 1.28. The molecule has 1 fully saturated rings. The zero-order valence-corrected chi connectivity index (χ0v) is 10.5. The van der Waals surface area contributed by atoms with Crippen molar-refractivity contribution in [1.29, 1.82) is 0 Å². The highest BCUT2D eigenvalue weighted by atomic mass is 32.1. The summed E-state index contributed by atoms with van der Waals surface area (Å²) in [6.45, 7) is 2.66. The fourth-order valence-corrected chi connectivity index (χ4v) is 2.13. The lowest BCUT2D eigenvalue weighted by atomic mass is 10.4. The van der Waals surface area contributed by atoms with E-state index in [1.807, 2.05) is 0 Å². The first kappa shape index (κ1) is 12.2. The van der Waals surface area contributed by atoms with Crippen molar-refractivity contribution in [1.82, 2.24) is 10.3 Å². The number of rotatable bonds is 6. The molecule has 1 aliphatic rings. The van der Waals surface area contributed by atoms with Gasteiger partial charge in [0.15, 0.2) is 10.9 Å². The number of carbonyl (C=O) groups is 2. The molecule has 1 heterocycles. The van der Waals surface area contributed by atoms with Crippen molar-refractivity contribution in [2.45, 2.75) is 19.8 Å². The zero-order valence-electron chi connectivity index (χ0n) is 9.66.